The van der Waals surface area contributed by atoms with E-state index in [-0.39, 0.29) is 6.10 Å². The fourth-order valence-corrected chi connectivity index (χ4v) is 3.03. The molecule has 0 radical (unpaired) electrons. The van der Waals surface area contributed by atoms with Gasteiger partial charge in [0, 0.05) is 44.6 Å². The van der Waals surface area contributed by atoms with Crippen LogP contribution in [-0.4, -0.2) is 35.6 Å². The van der Waals surface area contributed by atoms with Crippen molar-refractivity contribution in [1.29, 1.82) is 0 Å². The Kier molecular flexibility index (Phi) is 5.26. The number of nitrogens with zero attached hydrogens (tertiary/aromatic N) is 2. The number of hydrogen-bond donors (Lipinski definition) is 1. The third-order valence-corrected chi connectivity index (χ3v) is 4.10. The minimum absolute atomic E-state index is 0.208. The highest BCUT2D eigenvalue weighted by Gasteiger charge is 2.23. The standard InChI is InChI=1S/C19H25N3O/c1-15(2)23-18-7-5-17(6-8-18)19-13-21-10-11-22(19)14-16-4-3-9-20-12-16/h3-9,12,15,19,21H,10-11,13-14H2,1-2H3/t19-/m0/s1. The van der Waals surface area contributed by atoms with Crippen LogP contribution >= 0.6 is 0 Å². The molecule has 1 aliphatic heterocycles. The summed E-state index contributed by atoms with van der Waals surface area (Å²) in [6.07, 6.45) is 3.99. The van der Waals surface area contributed by atoms with E-state index >= 15 is 0 Å². The summed E-state index contributed by atoms with van der Waals surface area (Å²) < 4.78 is 5.74. The second-order valence-corrected chi connectivity index (χ2v) is 6.29. The van der Waals surface area contributed by atoms with Crippen molar-refractivity contribution in [3.05, 3.63) is 59.9 Å². The molecule has 2 aromatic rings. The van der Waals surface area contributed by atoms with Crippen molar-refractivity contribution in [2.24, 2.45) is 0 Å². The molecule has 1 aliphatic rings. The lowest BCUT2D eigenvalue weighted by Crippen LogP contribution is -2.45. The van der Waals surface area contributed by atoms with Crippen LogP contribution in [0.25, 0.3) is 0 Å². The average Bonchev–Trinajstić information content (AvgIpc) is 2.57. The molecule has 0 aliphatic carbocycles. The zero-order valence-electron chi connectivity index (χ0n) is 13.9. The van der Waals surface area contributed by atoms with E-state index < -0.39 is 0 Å². The second-order valence-electron chi connectivity index (χ2n) is 6.29. The number of nitrogens with one attached hydrogen (secondary N) is 1. The van der Waals surface area contributed by atoms with Gasteiger partial charge in [0.25, 0.3) is 0 Å². The first-order valence-electron chi connectivity index (χ1n) is 8.32. The number of ether oxygens (including phenoxy) is 1. The molecule has 0 amide bonds. The molecule has 0 spiro atoms. The van der Waals surface area contributed by atoms with Crippen LogP contribution in [0.4, 0.5) is 0 Å². The molecule has 0 saturated carbocycles. The Morgan fingerprint density at radius 1 is 1.26 bits per heavy atom. The largest absolute Gasteiger partial charge is 0.491 e. The van der Waals surface area contributed by atoms with Crippen molar-refractivity contribution in [1.82, 2.24) is 15.2 Å². The maximum absolute atomic E-state index is 5.74. The number of pyridine rings is 1. The van der Waals surface area contributed by atoms with Gasteiger partial charge in [-0.05, 0) is 43.2 Å². The van der Waals surface area contributed by atoms with Crippen LogP contribution < -0.4 is 10.1 Å². The predicted molar refractivity (Wildman–Crippen MR) is 92.5 cm³/mol. The molecule has 23 heavy (non-hydrogen) atoms. The molecule has 3 rings (SSSR count). The van der Waals surface area contributed by atoms with E-state index in [9.17, 15) is 0 Å². The van der Waals surface area contributed by atoms with Crippen molar-refractivity contribution in [2.75, 3.05) is 19.6 Å². The first kappa shape index (κ1) is 16.0. The van der Waals surface area contributed by atoms with Gasteiger partial charge >= 0.3 is 0 Å². The highest BCUT2D eigenvalue weighted by atomic mass is 16.5. The molecule has 1 aromatic heterocycles. The van der Waals surface area contributed by atoms with Crippen LogP contribution in [0.2, 0.25) is 0 Å². The zero-order chi connectivity index (χ0) is 16.1. The summed E-state index contributed by atoms with van der Waals surface area (Å²) in [7, 11) is 0. The quantitative estimate of drug-likeness (QED) is 0.921. The molecule has 4 heteroatoms. The Bertz CT molecular complexity index is 598. The Morgan fingerprint density at radius 2 is 2.09 bits per heavy atom. The summed E-state index contributed by atoms with van der Waals surface area (Å²) in [6.45, 7) is 8.09. The zero-order valence-corrected chi connectivity index (χ0v) is 13.9. The van der Waals surface area contributed by atoms with Crippen LogP contribution in [0.3, 0.4) is 0 Å². The van der Waals surface area contributed by atoms with Crippen molar-refractivity contribution in [3.8, 4) is 5.75 Å². The lowest BCUT2D eigenvalue weighted by Gasteiger charge is -2.36. The monoisotopic (exact) mass is 311 g/mol. The van der Waals surface area contributed by atoms with Gasteiger partial charge in [-0.2, -0.15) is 0 Å². The molecule has 1 atom stereocenters. The Hall–Kier alpha value is -1.91. The summed E-state index contributed by atoms with van der Waals surface area (Å²) in [5.41, 5.74) is 2.59. The number of piperazine rings is 1. The summed E-state index contributed by atoms with van der Waals surface area (Å²) >= 11 is 0. The van der Waals surface area contributed by atoms with Gasteiger partial charge in [-0.1, -0.05) is 18.2 Å². The number of benzene rings is 1. The molecule has 4 nitrogen and oxygen atoms in total. The van der Waals surface area contributed by atoms with Crippen molar-refractivity contribution >= 4 is 0 Å². The van der Waals surface area contributed by atoms with Crippen LogP contribution in [0.1, 0.15) is 31.0 Å². The number of rotatable bonds is 5. The first-order valence-corrected chi connectivity index (χ1v) is 8.32. The molecule has 0 bridgehead atoms. The minimum Gasteiger partial charge on any atom is -0.491 e. The lowest BCUT2D eigenvalue weighted by molar-refractivity contribution is 0.153. The van der Waals surface area contributed by atoms with E-state index in [4.69, 9.17) is 4.74 Å². The van der Waals surface area contributed by atoms with E-state index in [1.165, 1.54) is 11.1 Å². The number of hydrogen-bond acceptors (Lipinski definition) is 4. The lowest BCUT2D eigenvalue weighted by atomic mass is 10.0. The van der Waals surface area contributed by atoms with Crippen LogP contribution in [-0.2, 0) is 6.54 Å². The SMILES string of the molecule is CC(C)Oc1ccc([C@@H]2CNCCN2Cc2cccnc2)cc1. The Morgan fingerprint density at radius 3 is 2.78 bits per heavy atom. The predicted octanol–water partition coefficient (Wildman–Crippen LogP) is 3.02. The topological polar surface area (TPSA) is 37.4 Å². The van der Waals surface area contributed by atoms with Crippen molar-refractivity contribution < 1.29 is 4.74 Å². The summed E-state index contributed by atoms with van der Waals surface area (Å²) in [4.78, 5) is 6.75. The maximum atomic E-state index is 5.74. The van der Waals surface area contributed by atoms with E-state index in [2.05, 4.69) is 59.4 Å². The Labute approximate surface area is 138 Å². The van der Waals surface area contributed by atoms with Gasteiger partial charge in [0.15, 0.2) is 0 Å². The van der Waals surface area contributed by atoms with E-state index in [0.717, 1.165) is 31.9 Å². The fraction of sp³-hybridized carbons (Fsp3) is 0.421. The fourth-order valence-electron chi connectivity index (χ4n) is 3.03. The van der Waals surface area contributed by atoms with Gasteiger partial charge in [0.1, 0.15) is 5.75 Å². The third-order valence-electron chi connectivity index (χ3n) is 4.10. The van der Waals surface area contributed by atoms with Gasteiger partial charge in [-0.3, -0.25) is 9.88 Å². The third kappa shape index (κ3) is 4.30. The molecular formula is C19H25N3O. The molecule has 2 heterocycles. The highest BCUT2D eigenvalue weighted by Crippen LogP contribution is 2.26. The van der Waals surface area contributed by atoms with Gasteiger partial charge < -0.3 is 10.1 Å². The summed E-state index contributed by atoms with van der Waals surface area (Å²) in [5.74, 6) is 0.936. The molecule has 1 saturated heterocycles. The van der Waals surface area contributed by atoms with Gasteiger partial charge in [0.05, 0.1) is 6.10 Å². The number of aromatic nitrogens is 1. The summed E-state index contributed by atoms with van der Waals surface area (Å²) in [6, 6.07) is 13.1. The molecule has 1 N–H and O–H groups in total. The van der Waals surface area contributed by atoms with E-state index in [1.54, 1.807) is 0 Å². The van der Waals surface area contributed by atoms with E-state index in [1.807, 2.05) is 18.5 Å². The summed E-state index contributed by atoms with van der Waals surface area (Å²) in [5, 5.41) is 3.51. The maximum Gasteiger partial charge on any atom is 0.119 e. The van der Waals surface area contributed by atoms with Crippen molar-refractivity contribution in [2.45, 2.75) is 32.5 Å². The smallest absolute Gasteiger partial charge is 0.119 e. The van der Waals surface area contributed by atoms with E-state index in [0.29, 0.717) is 6.04 Å². The second kappa shape index (κ2) is 7.57. The molecule has 1 aromatic carbocycles. The molecule has 122 valence electrons. The van der Waals surface area contributed by atoms with Crippen LogP contribution in [0.15, 0.2) is 48.8 Å². The van der Waals surface area contributed by atoms with Gasteiger partial charge in [-0.15, -0.1) is 0 Å². The van der Waals surface area contributed by atoms with Gasteiger partial charge in [-0.25, -0.2) is 0 Å². The van der Waals surface area contributed by atoms with Crippen LogP contribution in [0.5, 0.6) is 5.75 Å². The van der Waals surface area contributed by atoms with Gasteiger partial charge in [0.2, 0.25) is 0 Å². The Balaban J connectivity index is 1.73. The molecule has 0 unspecified atom stereocenters. The normalized spacial score (nSPS) is 19.0. The van der Waals surface area contributed by atoms with Crippen LogP contribution in [0, 0.1) is 0 Å². The minimum atomic E-state index is 0.208. The van der Waals surface area contributed by atoms with Crippen molar-refractivity contribution in [3.63, 3.8) is 0 Å². The molecular weight excluding hydrogens is 286 g/mol. The molecule has 1 fully saturated rings. The highest BCUT2D eigenvalue weighted by molar-refractivity contribution is 5.30. The average molecular weight is 311 g/mol. The first-order chi connectivity index (χ1) is 11.2.